The lowest BCUT2D eigenvalue weighted by molar-refractivity contribution is 0.0746. The van der Waals surface area contributed by atoms with Crippen LogP contribution in [-0.4, -0.2) is 51.5 Å². The van der Waals surface area contributed by atoms with Crippen LogP contribution in [0.15, 0.2) is 69.7 Å². The number of H-pyrrole nitrogens is 1. The van der Waals surface area contributed by atoms with Gasteiger partial charge in [-0.1, -0.05) is 18.2 Å². The maximum absolute atomic E-state index is 12.9. The summed E-state index contributed by atoms with van der Waals surface area (Å²) in [6.45, 7) is 2.88. The normalized spacial score (nSPS) is 14.1. The van der Waals surface area contributed by atoms with E-state index >= 15 is 0 Å². The Balaban J connectivity index is 1.27. The number of carbonyl (C=O) groups excluding carboxylic acids is 1. The van der Waals surface area contributed by atoms with E-state index in [-0.39, 0.29) is 18.0 Å². The first kappa shape index (κ1) is 20.2. The first-order valence-electron chi connectivity index (χ1n) is 10.3. The zero-order valence-electron chi connectivity index (χ0n) is 17.2. The van der Waals surface area contributed by atoms with Gasteiger partial charge in [-0.15, -0.1) is 11.3 Å². The number of hydrogen-bond donors (Lipinski definition) is 1. The van der Waals surface area contributed by atoms with Crippen molar-refractivity contribution in [1.29, 1.82) is 0 Å². The molecule has 1 amide bonds. The molecule has 1 aliphatic heterocycles. The van der Waals surface area contributed by atoms with Gasteiger partial charge in [-0.3, -0.25) is 14.2 Å². The molecule has 0 radical (unpaired) electrons. The van der Waals surface area contributed by atoms with Crippen molar-refractivity contribution in [3.05, 3.63) is 92.1 Å². The van der Waals surface area contributed by atoms with Gasteiger partial charge < -0.3 is 14.8 Å². The van der Waals surface area contributed by atoms with E-state index in [2.05, 4.69) is 14.9 Å². The molecule has 0 spiro atoms. The molecule has 32 heavy (non-hydrogen) atoms. The van der Waals surface area contributed by atoms with Gasteiger partial charge in [0.25, 0.3) is 11.5 Å². The molecule has 1 saturated heterocycles. The lowest BCUT2D eigenvalue weighted by atomic mass is 10.1. The largest absolute Gasteiger partial charge is 0.353 e. The number of piperazine rings is 1. The number of amides is 1. The molecular weight excluding hydrogens is 426 g/mol. The van der Waals surface area contributed by atoms with Gasteiger partial charge in [-0.05, 0) is 41.3 Å². The number of hydrogen-bond acceptors (Lipinski definition) is 6. The minimum absolute atomic E-state index is 0.0211. The number of fused-ring (bicyclic) bond motifs is 1. The molecule has 1 aromatic carbocycles. The highest BCUT2D eigenvalue weighted by molar-refractivity contribution is 7.17. The van der Waals surface area contributed by atoms with E-state index in [1.165, 1.54) is 15.9 Å². The van der Waals surface area contributed by atoms with Crippen molar-refractivity contribution in [2.45, 2.75) is 6.54 Å². The molecule has 9 heteroatoms. The molecule has 4 aromatic rings. The summed E-state index contributed by atoms with van der Waals surface area (Å²) in [5.74, 6) is 0.905. The SMILES string of the molecule is O=C(c1ccc(Cn2c(=O)[nH]c3ccsc3c2=O)cc1)N1CCN(c2ccccn2)CC1. The predicted octanol–water partition coefficient (Wildman–Crippen LogP) is 2.16. The molecule has 0 saturated carbocycles. The van der Waals surface area contributed by atoms with Gasteiger partial charge in [-0.2, -0.15) is 0 Å². The standard InChI is InChI=1S/C23H21N5O3S/c29-21(27-12-10-26(11-13-27)19-3-1-2-9-24-19)17-6-4-16(5-7-17)15-28-22(30)20-18(8-14-32-20)25-23(28)31/h1-9,14H,10-13,15H2,(H,25,31). The van der Waals surface area contributed by atoms with Gasteiger partial charge >= 0.3 is 5.69 Å². The fourth-order valence-electron chi connectivity index (χ4n) is 3.91. The Hall–Kier alpha value is -3.72. The topological polar surface area (TPSA) is 91.3 Å². The van der Waals surface area contributed by atoms with Gasteiger partial charge in [0.15, 0.2) is 0 Å². The highest BCUT2D eigenvalue weighted by Crippen LogP contribution is 2.16. The molecule has 0 bridgehead atoms. The number of anilines is 1. The number of carbonyl (C=O) groups is 1. The third kappa shape index (κ3) is 3.82. The van der Waals surface area contributed by atoms with Crippen LogP contribution in [0.25, 0.3) is 10.2 Å². The number of aromatic nitrogens is 3. The Morgan fingerprint density at radius 3 is 2.50 bits per heavy atom. The Morgan fingerprint density at radius 2 is 1.78 bits per heavy atom. The Labute approximate surface area is 187 Å². The van der Waals surface area contributed by atoms with Gasteiger partial charge in [0.2, 0.25) is 0 Å². The molecule has 0 atom stereocenters. The van der Waals surface area contributed by atoms with Gasteiger partial charge in [0, 0.05) is 37.9 Å². The smallest absolute Gasteiger partial charge is 0.329 e. The second-order valence-electron chi connectivity index (χ2n) is 7.65. The minimum Gasteiger partial charge on any atom is -0.353 e. The number of pyridine rings is 1. The fourth-order valence-corrected chi connectivity index (χ4v) is 4.71. The molecule has 3 aromatic heterocycles. The highest BCUT2D eigenvalue weighted by Gasteiger charge is 2.22. The highest BCUT2D eigenvalue weighted by atomic mass is 32.1. The van der Waals surface area contributed by atoms with Gasteiger partial charge in [-0.25, -0.2) is 9.78 Å². The zero-order valence-corrected chi connectivity index (χ0v) is 18.0. The number of benzene rings is 1. The molecule has 5 rings (SSSR count). The molecule has 0 aliphatic carbocycles. The van der Waals surface area contributed by atoms with Crippen molar-refractivity contribution in [2.24, 2.45) is 0 Å². The molecule has 162 valence electrons. The van der Waals surface area contributed by atoms with E-state index in [0.717, 1.165) is 24.5 Å². The van der Waals surface area contributed by atoms with Crippen LogP contribution in [0.5, 0.6) is 0 Å². The quantitative estimate of drug-likeness (QED) is 0.518. The van der Waals surface area contributed by atoms with E-state index in [9.17, 15) is 14.4 Å². The van der Waals surface area contributed by atoms with Crippen molar-refractivity contribution >= 4 is 33.3 Å². The second-order valence-corrected chi connectivity index (χ2v) is 8.57. The third-order valence-corrected chi connectivity index (χ3v) is 6.58. The molecular formula is C23H21N5O3S. The molecule has 8 nitrogen and oxygen atoms in total. The molecule has 1 aliphatic rings. The zero-order chi connectivity index (χ0) is 22.1. The Kier molecular flexibility index (Phi) is 5.32. The monoisotopic (exact) mass is 447 g/mol. The van der Waals surface area contributed by atoms with Crippen LogP contribution in [0.2, 0.25) is 0 Å². The van der Waals surface area contributed by atoms with Crippen LogP contribution >= 0.6 is 11.3 Å². The average molecular weight is 448 g/mol. The maximum Gasteiger partial charge on any atom is 0.329 e. The van der Waals surface area contributed by atoms with Crippen LogP contribution in [-0.2, 0) is 6.54 Å². The Bertz CT molecular complexity index is 1370. The summed E-state index contributed by atoms with van der Waals surface area (Å²) < 4.78 is 1.72. The summed E-state index contributed by atoms with van der Waals surface area (Å²) in [5.41, 5.74) is 1.20. The second kappa shape index (κ2) is 8.43. The van der Waals surface area contributed by atoms with E-state index < -0.39 is 5.69 Å². The summed E-state index contributed by atoms with van der Waals surface area (Å²) in [4.78, 5) is 49.0. The number of thiophene rings is 1. The minimum atomic E-state index is -0.438. The average Bonchev–Trinajstić information content (AvgIpc) is 3.31. The summed E-state index contributed by atoms with van der Waals surface area (Å²) in [6.07, 6.45) is 1.77. The molecule has 1 fully saturated rings. The van der Waals surface area contributed by atoms with E-state index in [1.54, 1.807) is 41.9 Å². The van der Waals surface area contributed by atoms with E-state index in [1.807, 2.05) is 23.1 Å². The molecule has 0 unspecified atom stereocenters. The van der Waals surface area contributed by atoms with Crippen molar-refractivity contribution in [1.82, 2.24) is 19.4 Å². The van der Waals surface area contributed by atoms with Crippen LogP contribution in [0, 0.1) is 0 Å². The van der Waals surface area contributed by atoms with Crippen LogP contribution in [0.1, 0.15) is 15.9 Å². The molecule has 1 N–H and O–H groups in total. The van der Waals surface area contributed by atoms with Gasteiger partial charge in [0.05, 0.1) is 12.1 Å². The first-order chi connectivity index (χ1) is 15.6. The third-order valence-electron chi connectivity index (χ3n) is 5.67. The van der Waals surface area contributed by atoms with Crippen molar-refractivity contribution in [3.63, 3.8) is 0 Å². The number of nitrogens with zero attached hydrogens (tertiary/aromatic N) is 4. The summed E-state index contributed by atoms with van der Waals surface area (Å²) in [7, 11) is 0. The summed E-state index contributed by atoms with van der Waals surface area (Å²) >= 11 is 1.31. The van der Waals surface area contributed by atoms with Crippen LogP contribution in [0.3, 0.4) is 0 Å². The van der Waals surface area contributed by atoms with Crippen LogP contribution in [0.4, 0.5) is 5.82 Å². The van der Waals surface area contributed by atoms with Gasteiger partial charge in [0.1, 0.15) is 10.5 Å². The number of aromatic amines is 1. The first-order valence-corrected chi connectivity index (χ1v) is 11.2. The Morgan fingerprint density at radius 1 is 1.00 bits per heavy atom. The fraction of sp³-hybridized carbons (Fsp3) is 0.217. The van der Waals surface area contributed by atoms with E-state index in [0.29, 0.717) is 28.9 Å². The maximum atomic E-state index is 12.9. The van der Waals surface area contributed by atoms with Crippen LogP contribution < -0.4 is 16.1 Å². The van der Waals surface area contributed by atoms with Crippen molar-refractivity contribution < 1.29 is 4.79 Å². The number of rotatable bonds is 4. The lowest BCUT2D eigenvalue weighted by Crippen LogP contribution is -2.49. The lowest BCUT2D eigenvalue weighted by Gasteiger charge is -2.35. The van der Waals surface area contributed by atoms with Crippen molar-refractivity contribution in [2.75, 3.05) is 31.1 Å². The van der Waals surface area contributed by atoms with Crippen molar-refractivity contribution in [3.8, 4) is 0 Å². The number of nitrogens with one attached hydrogen (secondary N) is 1. The van der Waals surface area contributed by atoms with E-state index in [4.69, 9.17) is 0 Å². The predicted molar refractivity (Wildman–Crippen MR) is 125 cm³/mol. The summed E-state index contributed by atoms with van der Waals surface area (Å²) in [5, 5.41) is 1.78. The summed E-state index contributed by atoms with van der Waals surface area (Å²) in [6, 6.07) is 14.6. The molecule has 4 heterocycles.